The van der Waals surface area contributed by atoms with Crippen molar-refractivity contribution in [3.63, 3.8) is 0 Å². The lowest BCUT2D eigenvalue weighted by Crippen LogP contribution is -2.26. The van der Waals surface area contributed by atoms with Crippen LogP contribution in [-0.4, -0.2) is 11.9 Å². The normalized spacial score (nSPS) is 22.5. The van der Waals surface area contributed by atoms with E-state index in [1.165, 1.54) is 0 Å². The van der Waals surface area contributed by atoms with Gasteiger partial charge in [0.1, 0.15) is 5.75 Å². The average Bonchev–Trinajstić information content (AvgIpc) is 2.97. The lowest BCUT2D eigenvalue weighted by Gasteiger charge is -2.09. The van der Waals surface area contributed by atoms with E-state index in [9.17, 15) is 4.79 Å². The minimum atomic E-state index is -0.276. The molecule has 0 spiro atoms. The number of allylic oxidation sites excluding steroid dienone is 1. The lowest BCUT2D eigenvalue weighted by molar-refractivity contribution is -0.121. The Hall–Kier alpha value is -1.57. The van der Waals surface area contributed by atoms with Gasteiger partial charge in [0.2, 0.25) is 0 Å². The second-order valence-corrected chi connectivity index (χ2v) is 4.40. The van der Waals surface area contributed by atoms with Crippen LogP contribution >= 0.6 is 0 Å². The van der Waals surface area contributed by atoms with Crippen LogP contribution in [0, 0.1) is 0 Å². The van der Waals surface area contributed by atoms with Gasteiger partial charge in [0, 0.05) is 6.42 Å². The molecule has 82 valence electrons. The van der Waals surface area contributed by atoms with Gasteiger partial charge in [0.15, 0.2) is 11.9 Å². The summed E-state index contributed by atoms with van der Waals surface area (Å²) in [5.74, 6) is 1.06. The summed E-state index contributed by atoms with van der Waals surface area (Å²) < 4.78 is 5.69. The fourth-order valence-corrected chi connectivity index (χ4v) is 2.43. The minimum Gasteiger partial charge on any atom is -0.482 e. The van der Waals surface area contributed by atoms with Crippen molar-refractivity contribution in [3.8, 4) is 5.75 Å². The number of fused-ring (bicyclic) bond motifs is 1. The van der Waals surface area contributed by atoms with Crippen LogP contribution in [0.15, 0.2) is 35.9 Å². The fraction of sp³-hybridized carbons (Fsp3) is 0.357. The Balaban J connectivity index is 1.78. The van der Waals surface area contributed by atoms with Gasteiger partial charge in [-0.25, -0.2) is 0 Å². The molecular formula is C14H14O2. The Kier molecular flexibility index (Phi) is 2.28. The molecular weight excluding hydrogens is 200 g/mol. The summed E-state index contributed by atoms with van der Waals surface area (Å²) in [7, 11) is 0. The Labute approximate surface area is 94.9 Å². The standard InChI is InChI=1S/C14H14O2/c15-14(10-5-1-2-6-10)13-9-11-7-3-4-8-12(11)16-13/h3-5,7-8,13H,1-2,6,9H2. The number of para-hydroxylation sites is 1. The predicted octanol–water partition coefficient (Wildman–Crippen LogP) is 2.67. The zero-order valence-corrected chi connectivity index (χ0v) is 9.11. The first kappa shape index (κ1) is 9.64. The van der Waals surface area contributed by atoms with Crippen molar-refractivity contribution in [2.24, 2.45) is 0 Å². The summed E-state index contributed by atoms with van der Waals surface area (Å²) in [6.45, 7) is 0. The maximum atomic E-state index is 12.1. The third-order valence-electron chi connectivity index (χ3n) is 3.30. The molecule has 16 heavy (non-hydrogen) atoms. The zero-order valence-electron chi connectivity index (χ0n) is 9.11. The summed E-state index contributed by atoms with van der Waals surface area (Å²) in [5, 5.41) is 0. The van der Waals surface area contributed by atoms with E-state index in [0.717, 1.165) is 42.6 Å². The largest absolute Gasteiger partial charge is 0.482 e. The van der Waals surface area contributed by atoms with Crippen molar-refractivity contribution in [2.75, 3.05) is 0 Å². The van der Waals surface area contributed by atoms with Gasteiger partial charge in [-0.2, -0.15) is 0 Å². The molecule has 1 aliphatic heterocycles. The summed E-state index contributed by atoms with van der Waals surface area (Å²) in [6, 6.07) is 7.90. The van der Waals surface area contributed by atoms with Gasteiger partial charge in [-0.05, 0) is 36.5 Å². The van der Waals surface area contributed by atoms with E-state index in [1.54, 1.807) is 0 Å². The van der Waals surface area contributed by atoms with Gasteiger partial charge < -0.3 is 4.74 Å². The number of hydrogen-bond acceptors (Lipinski definition) is 2. The highest BCUT2D eigenvalue weighted by molar-refractivity contribution is 5.99. The van der Waals surface area contributed by atoms with Crippen molar-refractivity contribution in [2.45, 2.75) is 31.8 Å². The maximum absolute atomic E-state index is 12.1. The number of rotatable bonds is 2. The molecule has 3 rings (SSSR count). The molecule has 1 heterocycles. The van der Waals surface area contributed by atoms with Gasteiger partial charge in [-0.1, -0.05) is 24.3 Å². The molecule has 2 aliphatic rings. The molecule has 0 fully saturated rings. The van der Waals surface area contributed by atoms with Crippen LogP contribution in [0.25, 0.3) is 0 Å². The van der Waals surface area contributed by atoms with E-state index in [2.05, 4.69) is 6.08 Å². The van der Waals surface area contributed by atoms with Crippen LogP contribution in [0.5, 0.6) is 5.75 Å². The molecule has 0 N–H and O–H groups in total. The number of carbonyl (C=O) groups excluding carboxylic acids is 1. The SMILES string of the molecule is O=C(C1=CCCC1)C1Cc2ccccc2O1. The fourth-order valence-electron chi connectivity index (χ4n) is 2.43. The number of hydrogen-bond donors (Lipinski definition) is 0. The van der Waals surface area contributed by atoms with Crippen LogP contribution in [0.2, 0.25) is 0 Å². The van der Waals surface area contributed by atoms with Crippen molar-refractivity contribution in [3.05, 3.63) is 41.5 Å². The first-order valence-corrected chi connectivity index (χ1v) is 5.82. The molecule has 0 amide bonds. The van der Waals surface area contributed by atoms with Crippen molar-refractivity contribution in [1.29, 1.82) is 0 Å². The molecule has 0 saturated heterocycles. The number of carbonyl (C=O) groups is 1. The smallest absolute Gasteiger partial charge is 0.199 e. The average molecular weight is 214 g/mol. The third kappa shape index (κ3) is 1.54. The third-order valence-corrected chi connectivity index (χ3v) is 3.30. The van der Waals surface area contributed by atoms with Crippen LogP contribution in [0.1, 0.15) is 24.8 Å². The molecule has 1 aliphatic carbocycles. The van der Waals surface area contributed by atoms with Crippen molar-refractivity contribution >= 4 is 5.78 Å². The van der Waals surface area contributed by atoms with E-state index < -0.39 is 0 Å². The molecule has 1 aromatic carbocycles. The Bertz CT molecular complexity index is 435. The minimum absolute atomic E-state index is 0.189. The highest BCUT2D eigenvalue weighted by atomic mass is 16.5. The number of ketones is 1. The first-order chi connectivity index (χ1) is 7.84. The molecule has 0 saturated carbocycles. The summed E-state index contributed by atoms with van der Waals surface area (Å²) >= 11 is 0. The summed E-state index contributed by atoms with van der Waals surface area (Å²) in [5.41, 5.74) is 2.12. The van der Waals surface area contributed by atoms with E-state index >= 15 is 0 Å². The molecule has 0 radical (unpaired) electrons. The van der Waals surface area contributed by atoms with Gasteiger partial charge >= 0.3 is 0 Å². The van der Waals surface area contributed by atoms with Gasteiger partial charge in [0.25, 0.3) is 0 Å². The van der Waals surface area contributed by atoms with Crippen LogP contribution in [-0.2, 0) is 11.2 Å². The van der Waals surface area contributed by atoms with Gasteiger partial charge in [0.05, 0.1) is 0 Å². The van der Waals surface area contributed by atoms with Gasteiger partial charge in [-0.15, -0.1) is 0 Å². The monoisotopic (exact) mass is 214 g/mol. The molecule has 1 unspecified atom stereocenters. The van der Waals surface area contributed by atoms with Crippen LogP contribution in [0.4, 0.5) is 0 Å². The predicted molar refractivity (Wildman–Crippen MR) is 61.5 cm³/mol. The number of benzene rings is 1. The second kappa shape index (κ2) is 3.78. The topological polar surface area (TPSA) is 26.3 Å². The number of Topliss-reactive ketones (excluding diaryl/α,β-unsaturated/α-hetero) is 1. The quantitative estimate of drug-likeness (QED) is 0.756. The summed E-state index contributed by atoms with van der Waals surface area (Å²) in [6.07, 6.45) is 5.60. The molecule has 1 aromatic rings. The van der Waals surface area contributed by atoms with E-state index in [1.807, 2.05) is 24.3 Å². The maximum Gasteiger partial charge on any atom is 0.199 e. The van der Waals surface area contributed by atoms with Crippen LogP contribution < -0.4 is 4.74 Å². The van der Waals surface area contributed by atoms with Crippen LogP contribution in [0.3, 0.4) is 0 Å². The Morgan fingerprint density at radius 1 is 1.31 bits per heavy atom. The molecule has 0 aromatic heterocycles. The number of ether oxygens (including phenoxy) is 1. The van der Waals surface area contributed by atoms with Crippen molar-refractivity contribution in [1.82, 2.24) is 0 Å². The van der Waals surface area contributed by atoms with E-state index in [4.69, 9.17) is 4.74 Å². The van der Waals surface area contributed by atoms with E-state index in [-0.39, 0.29) is 11.9 Å². The lowest BCUT2D eigenvalue weighted by atomic mass is 10.0. The summed E-state index contributed by atoms with van der Waals surface area (Å²) in [4.78, 5) is 12.1. The first-order valence-electron chi connectivity index (χ1n) is 5.82. The molecule has 2 heteroatoms. The zero-order chi connectivity index (χ0) is 11.0. The second-order valence-electron chi connectivity index (χ2n) is 4.40. The molecule has 0 bridgehead atoms. The Morgan fingerprint density at radius 2 is 2.19 bits per heavy atom. The Morgan fingerprint density at radius 3 is 2.94 bits per heavy atom. The molecule has 2 nitrogen and oxygen atoms in total. The van der Waals surface area contributed by atoms with Crippen molar-refractivity contribution < 1.29 is 9.53 Å². The highest BCUT2D eigenvalue weighted by Gasteiger charge is 2.31. The highest BCUT2D eigenvalue weighted by Crippen LogP contribution is 2.31. The van der Waals surface area contributed by atoms with Gasteiger partial charge in [-0.3, -0.25) is 4.79 Å². The van der Waals surface area contributed by atoms with E-state index in [0.29, 0.717) is 0 Å². The molecule has 1 atom stereocenters.